The van der Waals surface area contributed by atoms with Gasteiger partial charge in [0.05, 0.1) is 28.1 Å². The highest BCUT2D eigenvalue weighted by Crippen LogP contribution is 2.31. The van der Waals surface area contributed by atoms with Crippen LogP contribution in [0.4, 0.5) is 5.69 Å². The fourth-order valence-electron chi connectivity index (χ4n) is 3.27. The highest BCUT2D eigenvalue weighted by Gasteiger charge is 2.18. The van der Waals surface area contributed by atoms with E-state index in [9.17, 15) is 4.79 Å². The third kappa shape index (κ3) is 5.55. The van der Waals surface area contributed by atoms with Crippen LogP contribution in [-0.2, 0) is 4.79 Å². The Morgan fingerprint density at radius 2 is 1.68 bits per heavy atom. The Labute approximate surface area is 212 Å². The molecule has 0 saturated carbocycles. The van der Waals surface area contributed by atoms with Gasteiger partial charge in [-0.15, -0.1) is 10.2 Å². The Bertz CT molecular complexity index is 1270. The number of benzene rings is 3. The molecule has 0 saturated heterocycles. The molecule has 1 amide bonds. The molecule has 0 unspecified atom stereocenters. The summed E-state index contributed by atoms with van der Waals surface area (Å²) in [6.45, 7) is 4.57. The number of anilines is 1. The van der Waals surface area contributed by atoms with Gasteiger partial charge in [0.25, 0.3) is 0 Å². The molecule has 4 aromatic rings. The second-order valence-corrected chi connectivity index (χ2v) is 9.12. The van der Waals surface area contributed by atoms with Gasteiger partial charge in [0, 0.05) is 11.3 Å². The van der Waals surface area contributed by atoms with Crippen LogP contribution in [-0.4, -0.2) is 33.0 Å². The van der Waals surface area contributed by atoms with Crippen molar-refractivity contribution in [2.24, 2.45) is 0 Å². The number of halogens is 2. The number of ether oxygens (including phenoxy) is 1. The first-order valence-electron chi connectivity index (χ1n) is 10.6. The van der Waals surface area contributed by atoms with Crippen molar-refractivity contribution in [2.75, 3.05) is 17.7 Å². The van der Waals surface area contributed by atoms with Gasteiger partial charge in [-0.2, -0.15) is 0 Å². The number of rotatable bonds is 8. The van der Waals surface area contributed by atoms with Crippen LogP contribution in [0.1, 0.15) is 12.5 Å². The zero-order valence-electron chi connectivity index (χ0n) is 18.6. The van der Waals surface area contributed by atoms with Crippen molar-refractivity contribution in [3.05, 3.63) is 82.3 Å². The lowest BCUT2D eigenvalue weighted by atomic mass is 10.1. The van der Waals surface area contributed by atoms with E-state index in [0.717, 1.165) is 22.6 Å². The van der Waals surface area contributed by atoms with Crippen molar-refractivity contribution in [1.82, 2.24) is 14.8 Å². The summed E-state index contributed by atoms with van der Waals surface area (Å²) in [6, 6.07) is 20.8. The van der Waals surface area contributed by atoms with Crippen LogP contribution in [0.25, 0.3) is 17.1 Å². The SMILES string of the molecule is CCOc1ccc(-n2c(SCC(=O)Nc3c(Cl)cccc3Cl)nnc2-c2ccc(C)cc2)cc1. The summed E-state index contributed by atoms with van der Waals surface area (Å²) in [6.07, 6.45) is 0. The maximum absolute atomic E-state index is 12.6. The summed E-state index contributed by atoms with van der Waals surface area (Å²) in [7, 11) is 0. The monoisotopic (exact) mass is 512 g/mol. The van der Waals surface area contributed by atoms with E-state index in [-0.39, 0.29) is 11.7 Å². The molecule has 0 aliphatic heterocycles. The van der Waals surface area contributed by atoms with Crippen molar-refractivity contribution in [3.63, 3.8) is 0 Å². The molecular formula is C25H22Cl2N4O2S. The second kappa shape index (κ2) is 11.0. The largest absolute Gasteiger partial charge is 0.494 e. The van der Waals surface area contributed by atoms with Gasteiger partial charge in [-0.1, -0.05) is 70.9 Å². The lowest BCUT2D eigenvalue weighted by Crippen LogP contribution is -2.15. The number of nitrogens with one attached hydrogen (secondary N) is 1. The topological polar surface area (TPSA) is 69.0 Å². The Morgan fingerprint density at radius 3 is 2.32 bits per heavy atom. The van der Waals surface area contributed by atoms with Crippen molar-refractivity contribution in [3.8, 4) is 22.8 Å². The van der Waals surface area contributed by atoms with Gasteiger partial charge in [-0.05, 0) is 50.2 Å². The summed E-state index contributed by atoms with van der Waals surface area (Å²) in [5, 5.41) is 12.9. The summed E-state index contributed by atoms with van der Waals surface area (Å²) >= 11 is 13.6. The molecule has 0 aliphatic carbocycles. The Balaban J connectivity index is 1.61. The van der Waals surface area contributed by atoms with Gasteiger partial charge in [0.1, 0.15) is 5.75 Å². The number of hydrogen-bond donors (Lipinski definition) is 1. The molecule has 4 rings (SSSR count). The van der Waals surface area contributed by atoms with Crippen LogP contribution in [0, 0.1) is 6.92 Å². The van der Waals surface area contributed by atoms with E-state index in [2.05, 4.69) is 15.5 Å². The maximum Gasteiger partial charge on any atom is 0.234 e. The fourth-order valence-corrected chi connectivity index (χ4v) is 4.51. The van der Waals surface area contributed by atoms with Gasteiger partial charge in [0.2, 0.25) is 5.91 Å². The third-order valence-electron chi connectivity index (χ3n) is 4.91. The molecule has 1 N–H and O–H groups in total. The van der Waals surface area contributed by atoms with Crippen molar-refractivity contribution in [2.45, 2.75) is 19.0 Å². The van der Waals surface area contributed by atoms with Gasteiger partial charge in [-0.25, -0.2) is 0 Å². The van der Waals surface area contributed by atoms with Crippen LogP contribution in [0.2, 0.25) is 10.0 Å². The number of carbonyl (C=O) groups excluding carboxylic acids is 1. The summed E-state index contributed by atoms with van der Waals surface area (Å²) in [4.78, 5) is 12.6. The molecule has 3 aromatic carbocycles. The first kappa shape index (κ1) is 24.1. The normalized spacial score (nSPS) is 10.8. The molecule has 0 fully saturated rings. The zero-order valence-corrected chi connectivity index (χ0v) is 20.9. The van der Waals surface area contributed by atoms with Crippen LogP contribution < -0.4 is 10.1 Å². The molecule has 0 bridgehead atoms. The highest BCUT2D eigenvalue weighted by molar-refractivity contribution is 7.99. The number of hydrogen-bond acceptors (Lipinski definition) is 5. The van der Waals surface area contributed by atoms with E-state index in [1.165, 1.54) is 11.8 Å². The minimum Gasteiger partial charge on any atom is -0.494 e. The quantitative estimate of drug-likeness (QED) is 0.266. The van der Waals surface area contributed by atoms with E-state index in [1.807, 2.05) is 66.9 Å². The van der Waals surface area contributed by atoms with Gasteiger partial charge in [-0.3, -0.25) is 9.36 Å². The molecule has 0 spiro atoms. The number of aryl methyl sites for hydroxylation is 1. The number of nitrogens with zero attached hydrogens (tertiary/aromatic N) is 3. The van der Waals surface area contributed by atoms with E-state index in [1.54, 1.807) is 18.2 Å². The number of amides is 1. The van der Waals surface area contributed by atoms with Crippen LogP contribution >= 0.6 is 35.0 Å². The average Bonchev–Trinajstić information content (AvgIpc) is 3.25. The predicted molar refractivity (Wildman–Crippen MR) is 139 cm³/mol. The van der Waals surface area contributed by atoms with Gasteiger partial charge >= 0.3 is 0 Å². The summed E-state index contributed by atoms with van der Waals surface area (Å²) in [5.41, 5.74) is 3.33. The Hall–Kier alpha value is -3.00. The molecule has 9 heteroatoms. The molecule has 0 radical (unpaired) electrons. The number of aromatic nitrogens is 3. The van der Waals surface area contributed by atoms with Crippen LogP contribution in [0.3, 0.4) is 0 Å². The van der Waals surface area contributed by atoms with Crippen LogP contribution in [0.15, 0.2) is 71.9 Å². The van der Waals surface area contributed by atoms with E-state index in [0.29, 0.717) is 33.3 Å². The Morgan fingerprint density at radius 1 is 1.00 bits per heavy atom. The lowest BCUT2D eigenvalue weighted by Gasteiger charge is -2.12. The van der Waals surface area contributed by atoms with Crippen molar-refractivity contribution < 1.29 is 9.53 Å². The minimum absolute atomic E-state index is 0.102. The highest BCUT2D eigenvalue weighted by atomic mass is 35.5. The van der Waals surface area contributed by atoms with E-state index < -0.39 is 0 Å². The van der Waals surface area contributed by atoms with Gasteiger partial charge in [0.15, 0.2) is 11.0 Å². The number of para-hydroxylation sites is 1. The average molecular weight is 513 g/mol. The number of carbonyl (C=O) groups is 1. The smallest absolute Gasteiger partial charge is 0.234 e. The minimum atomic E-state index is -0.252. The molecule has 1 heterocycles. The third-order valence-corrected chi connectivity index (χ3v) is 6.47. The van der Waals surface area contributed by atoms with Crippen LogP contribution in [0.5, 0.6) is 5.75 Å². The van der Waals surface area contributed by atoms with Crippen molar-refractivity contribution in [1.29, 1.82) is 0 Å². The lowest BCUT2D eigenvalue weighted by molar-refractivity contribution is -0.113. The fraction of sp³-hybridized carbons (Fsp3) is 0.160. The maximum atomic E-state index is 12.6. The summed E-state index contributed by atoms with van der Waals surface area (Å²) in [5.74, 6) is 1.31. The first-order chi connectivity index (χ1) is 16.5. The van der Waals surface area contributed by atoms with E-state index >= 15 is 0 Å². The number of thioether (sulfide) groups is 1. The predicted octanol–water partition coefficient (Wildman–Crippen LogP) is 6.68. The standard InChI is InChI=1S/C25H22Cl2N4O2S/c1-3-33-19-13-11-18(12-14-19)31-24(17-9-7-16(2)8-10-17)29-30-25(31)34-15-22(32)28-23-20(26)5-4-6-21(23)27/h4-14H,3,15H2,1-2H3,(H,28,32). The molecule has 0 aliphatic rings. The molecule has 0 atom stereocenters. The molecule has 6 nitrogen and oxygen atoms in total. The Kier molecular flexibility index (Phi) is 7.77. The molecule has 34 heavy (non-hydrogen) atoms. The van der Waals surface area contributed by atoms with Crippen molar-refractivity contribution >= 4 is 46.6 Å². The summed E-state index contributed by atoms with van der Waals surface area (Å²) < 4.78 is 7.50. The second-order valence-electron chi connectivity index (χ2n) is 7.37. The molecular weight excluding hydrogens is 491 g/mol. The zero-order chi connectivity index (χ0) is 24.1. The first-order valence-corrected chi connectivity index (χ1v) is 12.3. The molecule has 174 valence electrons. The molecule has 1 aromatic heterocycles. The van der Waals surface area contributed by atoms with E-state index in [4.69, 9.17) is 27.9 Å². The van der Waals surface area contributed by atoms with Gasteiger partial charge < -0.3 is 10.1 Å².